The second-order valence-electron chi connectivity index (χ2n) is 7.14. The van der Waals surface area contributed by atoms with Gasteiger partial charge in [0.1, 0.15) is 5.75 Å². The molecule has 5 heteroatoms. The van der Waals surface area contributed by atoms with Gasteiger partial charge in [-0.25, -0.2) is 4.98 Å². The van der Waals surface area contributed by atoms with Crippen LogP contribution >= 0.6 is 11.3 Å². The van der Waals surface area contributed by atoms with E-state index in [1.54, 1.807) is 19.2 Å². The quantitative estimate of drug-likeness (QED) is 0.357. The van der Waals surface area contributed by atoms with Crippen molar-refractivity contribution < 1.29 is 9.53 Å². The predicted octanol–water partition coefficient (Wildman–Crippen LogP) is 6.69. The summed E-state index contributed by atoms with van der Waals surface area (Å²) in [7, 11) is 1.56. The van der Waals surface area contributed by atoms with Crippen molar-refractivity contribution in [1.29, 1.82) is 0 Å². The summed E-state index contributed by atoms with van der Waals surface area (Å²) >= 11 is 1.53. The van der Waals surface area contributed by atoms with Crippen LogP contribution in [0.4, 0.5) is 5.13 Å². The SMILES string of the molecule is CCCc1sc(NC(=O)c2ccccc2OC)nc1-c1ccc(-c2ccccc2)cc1. The Hall–Kier alpha value is -3.44. The molecular formula is C26H24N2O2S. The minimum atomic E-state index is -0.222. The van der Waals surface area contributed by atoms with E-state index in [-0.39, 0.29) is 5.91 Å². The summed E-state index contributed by atoms with van der Waals surface area (Å²) in [5, 5.41) is 3.55. The van der Waals surface area contributed by atoms with Gasteiger partial charge >= 0.3 is 0 Å². The zero-order chi connectivity index (χ0) is 21.6. The lowest BCUT2D eigenvalue weighted by Crippen LogP contribution is -2.12. The number of carbonyl (C=O) groups excluding carboxylic acids is 1. The van der Waals surface area contributed by atoms with Crippen LogP contribution in [0.1, 0.15) is 28.6 Å². The second-order valence-corrected chi connectivity index (χ2v) is 8.22. The van der Waals surface area contributed by atoms with Gasteiger partial charge in [0.2, 0.25) is 0 Å². The van der Waals surface area contributed by atoms with E-state index in [2.05, 4.69) is 48.6 Å². The van der Waals surface area contributed by atoms with Crippen molar-refractivity contribution in [3.8, 4) is 28.1 Å². The molecule has 156 valence electrons. The highest BCUT2D eigenvalue weighted by Crippen LogP contribution is 2.34. The first-order valence-electron chi connectivity index (χ1n) is 10.3. The molecule has 4 rings (SSSR count). The second kappa shape index (κ2) is 9.58. The lowest BCUT2D eigenvalue weighted by atomic mass is 10.0. The van der Waals surface area contributed by atoms with Crippen LogP contribution in [0.2, 0.25) is 0 Å². The monoisotopic (exact) mass is 428 g/mol. The molecule has 0 spiro atoms. The smallest absolute Gasteiger partial charge is 0.261 e. The van der Waals surface area contributed by atoms with Crippen molar-refractivity contribution >= 4 is 22.4 Å². The lowest BCUT2D eigenvalue weighted by molar-refractivity contribution is 0.102. The number of aromatic nitrogens is 1. The van der Waals surface area contributed by atoms with E-state index in [9.17, 15) is 4.79 Å². The van der Waals surface area contributed by atoms with Crippen molar-refractivity contribution in [2.24, 2.45) is 0 Å². The third-order valence-electron chi connectivity index (χ3n) is 5.01. The number of methoxy groups -OCH3 is 1. The van der Waals surface area contributed by atoms with Gasteiger partial charge < -0.3 is 4.74 Å². The molecule has 0 fully saturated rings. The zero-order valence-corrected chi connectivity index (χ0v) is 18.4. The number of anilines is 1. The summed E-state index contributed by atoms with van der Waals surface area (Å²) in [5.41, 5.74) is 4.83. The Balaban J connectivity index is 1.61. The van der Waals surface area contributed by atoms with Crippen molar-refractivity contribution in [2.75, 3.05) is 12.4 Å². The molecule has 4 aromatic rings. The third-order valence-corrected chi connectivity index (χ3v) is 6.04. The maximum atomic E-state index is 12.8. The summed E-state index contributed by atoms with van der Waals surface area (Å²) in [4.78, 5) is 18.7. The van der Waals surface area contributed by atoms with Crippen LogP contribution in [0.25, 0.3) is 22.4 Å². The van der Waals surface area contributed by atoms with Crippen LogP contribution < -0.4 is 10.1 Å². The standard InChI is InChI=1S/C26H24N2O2S/c1-3-9-23-24(20-16-14-19(15-17-20)18-10-5-4-6-11-18)27-26(31-23)28-25(29)21-12-7-8-13-22(21)30-2/h4-8,10-17H,3,9H2,1-2H3,(H,27,28,29). The number of hydrogen-bond acceptors (Lipinski definition) is 4. The predicted molar refractivity (Wildman–Crippen MR) is 128 cm³/mol. The maximum absolute atomic E-state index is 12.8. The van der Waals surface area contributed by atoms with Gasteiger partial charge in [-0.15, -0.1) is 11.3 Å². The highest BCUT2D eigenvalue weighted by molar-refractivity contribution is 7.16. The van der Waals surface area contributed by atoms with E-state index in [1.807, 2.05) is 30.3 Å². The van der Waals surface area contributed by atoms with E-state index in [0.29, 0.717) is 16.4 Å². The Labute approximate surface area is 186 Å². The van der Waals surface area contributed by atoms with Crippen molar-refractivity contribution in [3.05, 3.63) is 89.3 Å². The first kappa shape index (κ1) is 20.8. The molecule has 1 heterocycles. The molecule has 0 bridgehead atoms. The van der Waals surface area contributed by atoms with Gasteiger partial charge in [0.05, 0.1) is 18.4 Å². The summed E-state index contributed by atoms with van der Waals surface area (Å²) in [6.07, 6.45) is 1.93. The van der Waals surface area contributed by atoms with Gasteiger partial charge in [-0.3, -0.25) is 10.1 Å². The van der Waals surface area contributed by atoms with Crippen LogP contribution in [0.15, 0.2) is 78.9 Å². The molecule has 31 heavy (non-hydrogen) atoms. The van der Waals surface area contributed by atoms with Gasteiger partial charge in [0.15, 0.2) is 5.13 Å². The number of hydrogen-bond donors (Lipinski definition) is 1. The van der Waals surface area contributed by atoms with Gasteiger partial charge in [-0.1, -0.05) is 80.1 Å². The molecule has 0 saturated heterocycles. The maximum Gasteiger partial charge on any atom is 0.261 e. The van der Waals surface area contributed by atoms with E-state index in [1.165, 1.54) is 27.3 Å². The largest absolute Gasteiger partial charge is 0.496 e. The topological polar surface area (TPSA) is 51.2 Å². The fourth-order valence-electron chi connectivity index (χ4n) is 3.48. The van der Waals surface area contributed by atoms with Gasteiger partial charge in [-0.2, -0.15) is 0 Å². The first-order valence-corrected chi connectivity index (χ1v) is 11.1. The highest BCUT2D eigenvalue weighted by atomic mass is 32.1. The zero-order valence-electron chi connectivity index (χ0n) is 17.6. The van der Waals surface area contributed by atoms with Crippen molar-refractivity contribution in [2.45, 2.75) is 19.8 Å². The number of nitrogens with zero attached hydrogens (tertiary/aromatic N) is 1. The molecule has 0 aliphatic rings. The number of thiazole rings is 1. The Morgan fingerprint density at radius 1 is 0.903 bits per heavy atom. The van der Waals surface area contributed by atoms with E-state index >= 15 is 0 Å². The minimum Gasteiger partial charge on any atom is -0.496 e. The number of aryl methyl sites for hydroxylation is 1. The number of nitrogens with one attached hydrogen (secondary N) is 1. The number of ether oxygens (including phenoxy) is 1. The molecule has 0 radical (unpaired) electrons. The Morgan fingerprint density at radius 2 is 1.55 bits per heavy atom. The Morgan fingerprint density at radius 3 is 2.26 bits per heavy atom. The highest BCUT2D eigenvalue weighted by Gasteiger charge is 2.17. The Bertz CT molecular complexity index is 1170. The lowest BCUT2D eigenvalue weighted by Gasteiger charge is -2.07. The fraction of sp³-hybridized carbons (Fsp3) is 0.154. The number of rotatable bonds is 7. The minimum absolute atomic E-state index is 0.222. The normalized spacial score (nSPS) is 10.6. The van der Waals surface area contributed by atoms with E-state index in [0.717, 1.165) is 24.1 Å². The fourth-order valence-corrected chi connectivity index (χ4v) is 4.56. The number of benzene rings is 3. The molecule has 0 aliphatic carbocycles. The average molecular weight is 429 g/mol. The van der Waals surface area contributed by atoms with E-state index < -0.39 is 0 Å². The molecular weight excluding hydrogens is 404 g/mol. The number of carbonyl (C=O) groups is 1. The molecule has 3 aromatic carbocycles. The molecule has 0 unspecified atom stereocenters. The van der Waals surface area contributed by atoms with Gasteiger partial charge in [0, 0.05) is 10.4 Å². The van der Waals surface area contributed by atoms with E-state index in [4.69, 9.17) is 9.72 Å². The third kappa shape index (κ3) is 4.67. The van der Waals surface area contributed by atoms with Gasteiger partial charge in [-0.05, 0) is 29.7 Å². The van der Waals surface area contributed by atoms with Crippen LogP contribution in [0, 0.1) is 0 Å². The van der Waals surface area contributed by atoms with Gasteiger partial charge in [0.25, 0.3) is 5.91 Å². The van der Waals surface area contributed by atoms with Crippen LogP contribution in [0.3, 0.4) is 0 Å². The van der Waals surface area contributed by atoms with Crippen LogP contribution in [0.5, 0.6) is 5.75 Å². The van der Waals surface area contributed by atoms with Crippen LogP contribution in [-0.2, 0) is 6.42 Å². The molecule has 4 nitrogen and oxygen atoms in total. The Kier molecular flexibility index (Phi) is 6.43. The average Bonchev–Trinajstić information content (AvgIpc) is 3.22. The first-order chi connectivity index (χ1) is 15.2. The molecule has 0 aliphatic heterocycles. The molecule has 0 saturated carbocycles. The summed E-state index contributed by atoms with van der Waals surface area (Å²) in [5.74, 6) is 0.322. The summed E-state index contributed by atoms with van der Waals surface area (Å²) in [6, 6.07) is 25.9. The van der Waals surface area contributed by atoms with Crippen molar-refractivity contribution in [1.82, 2.24) is 4.98 Å². The molecule has 1 amide bonds. The number of para-hydroxylation sites is 1. The number of amides is 1. The summed E-state index contributed by atoms with van der Waals surface area (Å²) < 4.78 is 5.31. The summed E-state index contributed by atoms with van der Waals surface area (Å²) in [6.45, 7) is 2.15. The van der Waals surface area contributed by atoms with Crippen molar-refractivity contribution in [3.63, 3.8) is 0 Å². The van der Waals surface area contributed by atoms with Crippen LogP contribution in [-0.4, -0.2) is 18.0 Å². The molecule has 1 N–H and O–H groups in total. The molecule has 0 atom stereocenters. The molecule has 1 aromatic heterocycles.